The van der Waals surface area contributed by atoms with Crippen LogP contribution in [0.3, 0.4) is 0 Å². The summed E-state index contributed by atoms with van der Waals surface area (Å²) in [5.74, 6) is -0.635. The summed E-state index contributed by atoms with van der Waals surface area (Å²) in [7, 11) is 0. The smallest absolute Gasteiger partial charge is 0.225 e. The number of β-amino-alcohol motifs (C(OH)–C–C–N with tert-alkyl or cyclic N) is 1. The minimum absolute atomic E-state index is 0.207. The molecule has 98 valence electrons. The summed E-state index contributed by atoms with van der Waals surface area (Å²) in [6, 6.07) is 6.10. The Morgan fingerprint density at radius 2 is 2.28 bits per heavy atom. The second kappa shape index (κ2) is 5.93. The predicted molar refractivity (Wildman–Crippen MR) is 66.7 cm³/mol. The Kier molecular flexibility index (Phi) is 4.28. The topological polar surface area (TPSA) is 52.6 Å². The fourth-order valence-corrected chi connectivity index (χ4v) is 2.05. The molecule has 1 aliphatic heterocycles. The van der Waals surface area contributed by atoms with Crippen molar-refractivity contribution in [3.63, 3.8) is 0 Å². The fourth-order valence-electron chi connectivity index (χ4n) is 2.05. The van der Waals surface area contributed by atoms with Gasteiger partial charge in [-0.3, -0.25) is 4.79 Å². The summed E-state index contributed by atoms with van der Waals surface area (Å²) >= 11 is 0. The van der Waals surface area contributed by atoms with E-state index in [1.807, 2.05) is 4.90 Å². The number of para-hydroxylation sites is 1. The van der Waals surface area contributed by atoms with Crippen LogP contribution in [0, 0.1) is 5.82 Å². The van der Waals surface area contributed by atoms with E-state index in [4.69, 9.17) is 0 Å². The molecule has 1 amide bonds. The van der Waals surface area contributed by atoms with Crippen molar-refractivity contribution in [2.45, 2.75) is 18.9 Å². The van der Waals surface area contributed by atoms with Gasteiger partial charge in [0.05, 0.1) is 11.8 Å². The van der Waals surface area contributed by atoms with E-state index in [1.165, 1.54) is 12.1 Å². The average Bonchev–Trinajstić information content (AvgIpc) is 2.76. The van der Waals surface area contributed by atoms with Crippen LogP contribution in [0.15, 0.2) is 24.3 Å². The van der Waals surface area contributed by atoms with Gasteiger partial charge in [-0.05, 0) is 18.6 Å². The molecule has 1 aliphatic rings. The van der Waals surface area contributed by atoms with Gasteiger partial charge in [0.25, 0.3) is 0 Å². The Hall–Kier alpha value is -1.46. The van der Waals surface area contributed by atoms with Crippen molar-refractivity contribution in [2.24, 2.45) is 0 Å². The van der Waals surface area contributed by atoms with Gasteiger partial charge in [0.1, 0.15) is 5.82 Å². The Balaban J connectivity index is 1.77. The first kappa shape index (κ1) is 13.0. The standard InChI is InChI=1S/C13H17FN2O2/c14-11-3-1-2-4-12(11)15-13(18)6-8-16-7-5-10(17)9-16/h1-4,10,17H,5-9H2,(H,15,18)/t10-/m1/s1. The Bertz CT molecular complexity index is 425. The lowest BCUT2D eigenvalue weighted by Crippen LogP contribution is -2.26. The SMILES string of the molecule is O=C(CCN1CC[C@@H](O)C1)Nc1ccccc1F. The van der Waals surface area contributed by atoms with Crippen molar-refractivity contribution >= 4 is 11.6 Å². The number of hydrogen-bond donors (Lipinski definition) is 2. The quantitative estimate of drug-likeness (QED) is 0.847. The Morgan fingerprint density at radius 3 is 2.94 bits per heavy atom. The number of aliphatic hydroxyl groups is 1. The van der Waals surface area contributed by atoms with E-state index in [2.05, 4.69) is 5.32 Å². The van der Waals surface area contributed by atoms with Crippen molar-refractivity contribution in [3.8, 4) is 0 Å². The van der Waals surface area contributed by atoms with Crippen LogP contribution in [0.4, 0.5) is 10.1 Å². The molecule has 1 aromatic rings. The number of rotatable bonds is 4. The van der Waals surface area contributed by atoms with E-state index in [0.29, 0.717) is 19.5 Å². The number of hydrogen-bond acceptors (Lipinski definition) is 3. The third-order valence-electron chi connectivity index (χ3n) is 3.05. The lowest BCUT2D eigenvalue weighted by atomic mass is 10.3. The number of nitrogens with zero attached hydrogens (tertiary/aromatic N) is 1. The van der Waals surface area contributed by atoms with Crippen molar-refractivity contribution in [1.82, 2.24) is 4.90 Å². The Morgan fingerprint density at radius 1 is 1.50 bits per heavy atom. The number of likely N-dealkylation sites (tertiary alicyclic amines) is 1. The summed E-state index contributed by atoms with van der Waals surface area (Å²) in [6.07, 6.45) is 0.787. The van der Waals surface area contributed by atoms with E-state index in [1.54, 1.807) is 12.1 Å². The zero-order valence-corrected chi connectivity index (χ0v) is 10.1. The van der Waals surface area contributed by atoms with E-state index < -0.39 is 5.82 Å². The predicted octanol–water partition coefficient (Wildman–Crippen LogP) is 1.22. The number of nitrogens with one attached hydrogen (secondary N) is 1. The second-order valence-electron chi connectivity index (χ2n) is 4.52. The molecule has 1 atom stereocenters. The lowest BCUT2D eigenvalue weighted by Gasteiger charge is -2.14. The maximum atomic E-state index is 13.3. The molecule has 0 radical (unpaired) electrons. The third kappa shape index (κ3) is 3.51. The zero-order chi connectivity index (χ0) is 13.0. The van der Waals surface area contributed by atoms with Gasteiger partial charge < -0.3 is 15.3 Å². The fraction of sp³-hybridized carbons (Fsp3) is 0.462. The average molecular weight is 252 g/mol. The van der Waals surface area contributed by atoms with Crippen LogP contribution in [-0.4, -0.2) is 41.7 Å². The molecule has 5 heteroatoms. The summed E-state index contributed by atoms with van der Waals surface area (Å²) in [5, 5.41) is 11.9. The molecule has 0 saturated carbocycles. The van der Waals surface area contributed by atoms with E-state index in [9.17, 15) is 14.3 Å². The first-order valence-electron chi connectivity index (χ1n) is 6.10. The summed E-state index contributed by atoms with van der Waals surface area (Å²) in [5.41, 5.74) is 0.212. The zero-order valence-electron chi connectivity index (χ0n) is 10.1. The minimum atomic E-state index is -0.428. The number of benzene rings is 1. The summed E-state index contributed by atoms with van der Waals surface area (Å²) < 4.78 is 13.3. The highest BCUT2D eigenvalue weighted by Crippen LogP contribution is 2.13. The molecule has 4 nitrogen and oxygen atoms in total. The van der Waals surface area contributed by atoms with Crippen LogP contribution >= 0.6 is 0 Å². The number of carbonyl (C=O) groups excluding carboxylic acids is 1. The highest BCUT2D eigenvalue weighted by atomic mass is 19.1. The monoisotopic (exact) mass is 252 g/mol. The van der Waals surface area contributed by atoms with Gasteiger partial charge in [0.2, 0.25) is 5.91 Å². The molecule has 0 unspecified atom stereocenters. The number of anilines is 1. The molecule has 0 aliphatic carbocycles. The molecular formula is C13H17FN2O2. The van der Waals surface area contributed by atoms with Gasteiger partial charge in [-0.15, -0.1) is 0 Å². The van der Waals surface area contributed by atoms with Crippen LogP contribution in [-0.2, 0) is 4.79 Å². The Labute approximate surface area is 105 Å². The van der Waals surface area contributed by atoms with Crippen LogP contribution in [0.5, 0.6) is 0 Å². The maximum Gasteiger partial charge on any atom is 0.225 e. The molecule has 0 bridgehead atoms. The van der Waals surface area contributed by atoms with Crippen molar-refractivity contribution < 1.29 is 14.3 Å². The second-order valence-corrected chi connectivity index (χ2v) is 4.52. The molecule has 2 N–H and O–H groups in total. The van der Waals surface area contributed by atoms with Crippen LogP contribution < -0.4 is 5.32 Å². The number of amides is 1. The highest BCUT2D eigenvalue weighted by molar-refractivity contribution is 5.90. The van der Waals surface area contributed by atoms with Gasteiger partial charge in [-0.2, -0.15) is 0 Å². The summed E-state index contributed by atoms with van der Waals surface area (Å²) in [6.45, 7) is 2.03. The molecule has 0 aromatic heterocycles. The molecule has 1 fully saturated rings. The van der Waals surface area contributed by atoms with Gasteiger partial charge in [0.15, 0.2) is 0 Å². The normalized spacial score (nSPS) is 20.0. The number of halogens is 1. The first-order valence-corrected chi connectivity index (χ1v) is 6.10. The van der Waals surface area contributed by atoms with Crippen molar-refractivity contribution in [2.75, 3.05) is 25.0 Å². The van der Waals surface area contributed by atoms with Gasteiger partial charge in [0, 0.05) is 26.1 Å². The first-order chi connectivity index (χ1) is 8.65. The van der Waals surface area contributed by atoms with Crippen LogP contribution in [0.25, 0.3) is 0 Å². The highest BCUT2D eigenvalue weighted by Gasteiger charge is 2.20. The molecule has 0 spiro atoms. The van der Waals surface area contributed by atoms with Crippen molar-refractivity contribution in [1.29, 1.82) is 0 Å². The molecular weight excluding hydrogens is 235 g/mol. The largest absolute Gasteiger partial charge is 0.392 e. The van der Waals surface area contributed by atoms with Gasteiger partial charge >= 0.3 is 0 Å². The van der Waals surface area contributed by atoms with Gasteiger partial charge in [-0.1, -0.05) is 12.1 Å². The van der Waals surface area contributed by atoms with E-state index >= 15 is 0 Å². The molecule has 1 saturated heterocycles. The van der Waals surface area contributed by atoms with Crippen LogP contribution in [0.1, 0.15) is 12.8 Å². The van der Waals surface area contributed by atoms with Gasteiger partial charge in [-0.25, -0.2) is 4.39 Å². The maximum absolute atomic E-state index is 13.3. The third-order valence-corrected chi connectivity index (χ3v) is 3.05. The molecule has 18 heavy (non-hydrogen) atoms. The lowest BCUT2D eigenvalue weighted by molar-refractivity contribution is -0.116. The molecule has 1 heterocycles. The van der Waals surface area contributed by atoms with E-state index in [0.717, 1.165) is 13.0 Å². The van der Waals surface area contributed by atoms with Crippen LogP contribution in [0.2, 0.25) is 0 Å². The number of carbonyl (C=O) groups is 1. The van der Waals surface area contributed by atoms with E-state index in [-0.39, 0.29) is 17.7 Å². The summed E-state index contributed by atoms with van der Waals surface area (Å²) in [4.78, 5) is 13.7. The minimum Gasteiger partial charge on any atom is -0.392 e. The number of aliphatic hydroxyl groups excluding tert-OH is 1. The van der Waals surface area contributed by atoms with Crippen molar-refractivity contribution in [3.05, 3.63) is 30.1 Å². The molecule has 2 rings (SSSR count). The molecule has 1 aromatic carbocycles.